The molecule has 0 fully saturated rings. The van der Waals surface area contributed by atoms with Crippen molar-refractivity contribution in [3.05, 3.63) is 0 Å². The molecule has 0 saturated heterocycles. The Morgan fingerprint density at radius 1 is 1.00 bits per heavy atom. The van der Waals surface area contributed by atoms with E-state index in [-0.39, 0.29) is 7.83 Å². The molecule has 0 aliphatic carbocycles. The Balaban J connectivity index is 2.91. The molecule has 0 amide bonds. The van der Waals surface area contributed by atoms with E-state index in [0.29, 0.717) is 18.1 Å². The van der Waals surface area contributed by atoms with Crippen molar-refractivity contribution in [2.45, 2.75) is 64.6 Å². The maximum absolute atomic E-state index is 2.63. The molecule has 80 valence electrons. The van der Waals surface area contributed by atoms with Crippen molar-refractivity contribution in [1.29, 1.82) is 0 Å². The van der Waals surface area contributed by atoms with E-state index in [0.717, 1.165) is 0 Å². The van der Waals surface area contributed by atoms with Gasteiger partial charge in [0.15, 0.2) is 0 Å². The zero-order valence-electron chi connectivity index (χ0n) is 9.94. The molecule has 0 bridgehead atoms. The quantitative estimate of drug-likeness (QED) is 0.421. The van der Waals surface area contributed by atoms with Crippen molar-refractivity contribution in [3.63, 3.8) is 0 Å². The van der Waals surface area contributed by atoms with Gasteiger partial charge < -0.3 is 0 Å². The van der Waals surface area contributed by atoms with Gasteiger partial charge >= 0.3 is 0 Å². The van der Waals surface area contributed by atoms with Crippen LogP contribution in [0.1, 0.15) is 45.4 Å². The highest BCUT2D eigenvalue weighted by Crippen LogP contribution is 2.06. The molecule has 0 aliphatic rings. The first-order chi connectivity index (χ1) is 6.31. The highest BCUT2D eigenvalue weighted by atomic mass is 29.6. The largest absolute Gasteiger partial charge is 0.0771 e. The molecule has 0 aromatic carbocycles. The molecule has 0 nitrogen and oxygen atoms in total. The number of hydrogen-bond donors (Lipinski definition) is 0. The molecule has 0 aliphatic heterocycles. The standard InChI is InChI=1S/C10H28Si3/c1-4-5-6-7-8-9-10-12-13(3)11-2/h13H,4-12H2,1-3H3. The van der Waals surface area contributed by atoms with Crippen LogP contribution in [0, 0.1) is 0 Å². The van der Waals surface area contributed by atoms with Crippen LogP contribution in [0.5, 0.6) is 0 Å². The Bertz CT molecular complexity index is 96.2. The zero-order chi connectivity index (χ0) is 9.94. The van der Waals surface area contributed by atoms with Crippen molar-refractivity contribution in [1.82, 2.24) is 0 Å². The van der Waals surface area contributed by atoms with E-state index in [4.69, 9.17) is 0 Å². The topological polar surface area (TPSA) is 0 Å². The number of hydrogen-bond acceptors (Lipinski definition) is 0. The molecular formula is C10H28Si3. The van der Waals surface area contributed by atoms with Gasteiger partial charge in [0.25, 0.3) is 0 Å². The minimum Gasteiger partial charge on any atom is -0.0771 e. The third kappa shape index (κ3) is 10.6. The van der Waals surface area contributed by atoms with Crippen molar-refractivity contribution in [3.8, 4) is 0 Å². The van der Waals surface area contributed by atoms with Gasteiger partial charge in [0.2, 0.25) is 0 Å². The highest BCUT2D eigenvalue weighted by Gasteiger charge is 2.00. The summed E-state index contributed by atoms with van der Waals surface area (Å²) in [5.41, 5.74) is 0. The van der Waals surface area contributed by atoms with Gasteiger partial charge in [-0.3, -0.25) is 0 Å². The Morgan fingerprint density at radius 3 is 2.23 bits per heavy atom. The molecule has 13 heavy (non-hydrogen) atoms. The molecule has 0 heterocycles. The van der Waals surface area contributed by atoms with Crippen LogP contribution in [-0.2, 0) is 0 Å². The maximum Gasteiger partial charge on any atom is 0.00953 e. The monoisotopic (exact) mass is 232 g/mol. The fraction of sp³-hybridized carbons (Fsp3) is 1.00. The summed E-state index contributed by atoms with van der Waals surface area (Å²) < 4.78 is 0. The van der Waals surface area contributed by atoms with Gasteiger partial charge in [-0.05, 0) is 0 Å². The van der Waals surface area contributed by atoms with E-state index in [1.165, 1.54) is 25.7 Å². The molecule has 0 radical (unpaired) electrons. The van der Waals surface area contributed by atoms with Gasteiger partial charge in [0.05, 0.1) is 0 Å². The van der Waals surface area contributed by atoms with E-state index in [1.807, 2.05) is 0 Å². The van der Waals surface area contributed by atoms with Gasteiger partial charge in [0, 0.05) is 25.9 Å². The number of unbranched alkanes of at least 4 members (excludes halogenated alkanes) is 5. The summed E-state index contributed by atoms with van der Waals surface area (Å²) in [5, 5.41) is 0. The van der Waals surface area contributed by atoms with Crippen LogP contribution in [0.4, 0.5) is 0 Å². The second kappa shape index (κ2) is 10.7. The van der Waals surface area contributed by atoms with Crippen LogP contribution in [0.15, 0.2) is 0 Å². The van der Waals surface area contributed by atoms with Crippen LogP contribution in [0.3, 0.4) is 0 Å². The minimum absolute atomic E-state index is 0.0316. The Labute approximate surface area is 90.7 Å². The SMILES string of the molecule is CCCCCCCC[SiH2][SiH](C)[SiH2]C. The molecule has 0 rings (SSSR count). The smallest absolute Gasteiger partial charge is 0.00953 e. The third-order valence-electron chi connectivity index (χ3n) is 3.00. The summed E-state index contributed by atoms with van der Waals surface area (Å²) in [6.07, 6.45) is 8.99. The molecule has 1 atom stereocenters. The first-order valence-corrected chi connectivity index (χ1v) is 16.4. The molecule has 0 saturated carbocycles. The average Bonchev–Trinajstić information content (AvgIpc) is 2.16. The van der Waals surface area contributed by atoms with Crippen LogP contribution >= 0.6 is 0 Å². The minimum atomic E-state index is 0.0316. The molecule has 0 aromatic heterocycles. The fourth-order valence-corrected chi connectivity index (χ4v) is 13.9. The first kappa shape index (κ1) is 13.7. The molecular weight excluding hydrogens is 204 g/mol. The van der Waals surface area contributed by atoms with Crippen molar-refractivity contribution < 1.29 is 0 Å². The lowest BCUT2D eigenvalue weighted by molar-refractivity contribution is 0.624. The molecule has 0 aromatic rings. The highest BCUT2D eigenvalue weighted by molar-refractivity contribution is 7.39. The predicted octanol–water partition coefficient (Wildman–Crippen LogP) is 2.00. The van der Waals surface area contributed by atoms with Gasteiger partial charge in [-0.2, -0.15) is 0 Å². The van der Waals surface area contributed by atoms with E-state index >= 15 is 0 Å². The lowest BCUT2D eigenvalue weighted by Crippen LogP contribution is -2.23. The first-order valence-electron chi connectivity index (χ1n) is 6.31. The normalized spacial score (nSPS) is 15.0. The molecule has 1 unspecified atom stereocenters. The zero-order valence-corrected chi connectivity index (χ0v) is 13.9. The van der Waals surface area contributed by atoms with Gasteiger partial charge in [0.1, 0.15) is 0 Å². The second-order valence-electron chi connectivity index (χ2n) is 4.42. The summed E-state index contributed by atoms with van der Waals surface area (Å²) in [6.45, 7) is 7.47. The summed E-state index contributed by atoms with van der Waals surface area (Å²) in [5.74, 6) is 0. The van der Waals surface area contributed by atoms with Crippen molar-refractivity contribution in [2.75, 3.05) is 0 Å². The Hall–Kier alpha value is 0.651. The summed E-state index contributed by atoms with van der Waals surface area (Å²) in [4.78, 5) is 0. The van der Waals surface area contributed by atoms with Gasteiger partial charge in [-0.1, -0.05) is 64.6 Å². The van der Waals surface area contributed by atoms with Crippen LogP contribution < -0.4 is 0 Å². The summed E-state index contributed by atoms with van der Waals surface area (Å²) in [6, 6.07) is 1.69. The molecule has 0 N–H and O–H groups in total. The van der Waals surface area contributed by atoms with E-state index in [9.17, 15) is 0 Å². The van der Waals surface area contributed by atoms with Crippen LogP contribution in [-0.4, -0.2) is 25.9 Å². The number of rotatable bonds is 9. The summed E-state index contributed by atoms with van der Waals surface area (Å²) >= 11 is 0. The van der Waals surface area contributed by atoms with E-state index in [1.54, 1.807) is 18.9 Å². The van der Waals surface area contributed by atoms with E-state index in [2.05, 4.69) is 20.0 Å². The van der Waals surface area contributed by atoms with Crippen LogP contribution in [0.2, 0.25) is 19.1 Å². The van der Waals surface area contributed by atoms with Gasteiger partial charge in [-0.25, -0.2) is 0 Å². The van der Waals surface area contributed by atoms with Gasteiger partial charge in [-0.15, -0.1) is 0 Å². The lowest BCUT2D eigenvalue weighted by atomic mass is 10.1. The van der Waals surface area contributed by atoms with Crippen molar-refractivity contribution >= 4 is 25.9 Å². The fourth-order valence-electron chi connectivity index (χ4n) is 1.65. The average molecular weight is 233 g/mol. The Morgan fingerprint density at radius 2 is 1.62 bits per heavy atom. The maximum atomic E-state index is 2.63. The Kier molecular flexibility index (Phi) is 11.3. The second-order valence-corrected chi connectivity index (χ2v) is 24.7. The molecule has 3 heteroatoms. The predicted molar refractivity (Wildman–Crippen MR) is 74.1 cm³/mol. The molecule has 0 spiro atoms. The van der Waals surface area contributed by atoms with E-state index < -0.39 is 0 Å². The lowest BCUT2D eigenvalue weighted by Gasteiger charge is -2.04. The van der Waals surface area contributed by atoms with Crippen LogP contribution in [0.25, 0.3) is 0 Å². The van der Waals surface area contributed by atoms with Crippen molar-refractivity contribution in [2.24, 2.45) is 0 Å². The third-order valence-corrected chi connectivity index (χ3v) is 23.5. The summed E-state index contributed by atoms with van der Waals surface area (Å²) in [7, 11) is 1.02.